The Kier molecular flexibility index (Phi) is 5.06. The first-order valence-electron chi connectivity index (χ1n) is 9.22. The first kappa shape index (κ1) is 19.5. The van der Waals surface area contributed by atoms with Gasteiger partial charge >= 0.3 is 0 Å². The van der Waals surface area contributed by atoms with Gasteiger partial charge < -0.3 is 14.2 Å². The summed E-state index contributed by atoms with van der Waals surface area (Å²) in [5.41, 5.74) is 3.36. The lowest BCUT2D eigenvalue weighted by Gasteiger charge is -2.22. The van der Waals surface area contributed by atoms with Gasteiger partial charge in [-0.1, -0.05) is 0 Å². The van der Waals surface area contributed by atoms with E-state index in [0.29, 0.717) is 19.0 Å². The smallest absolute Gasteiger partial charge is 0.175 e. The van der Waals surface area contributed by atoms with Gasteiger partial charge in [0.05, 0.1) is 35.7 Å². The van der Waals surface area contributed by atoms with Crippen molar-refractivity contribution in [3.8, 4) is 28.6 Å². The summed E-state index contributed by atoms with van der Waals surface area (Å²) < 4.78 is 42.6. The quantitative estimate of drug-likeness (QED) is 0.615. The van der Waals surface area contributed by atoms with Crippen molar-refractivity contribution in [1.82, 2.24) is 9.55 Å². The fourth-order valence-electron chi connectivity index (χ4n) is 3.33. The number of benzene rings is 2. The molecule has 0 spiro atoms. The molecule has 7 nitrogen and oxygen atoms in total. The molecule has 0 N–H and O–H groups in total. The van der Waals surface area contributed by atoms with Gasteiger partial charge in [0.2, 0.25) is 0 Å². The Morgan fingerprint density at radius 2 is 1.93 bits per heavy atom. The molecule has 0 saturated carbocycles. The highest BCUT2D eigenvalue weighted by molar-refractivity contribution is 7.90. The number of hydrogen-bond acceptors (Lipinski definition) is 6. The molecule has 1 aliphatic heterocycles. The molecule has 0 saturated heterocycles. The van der Waals surface area contributed by atoms with Crippen LogP contribution in [0.1, 0.15) is 18.3 Å². The molecule has 0 atom stereocenters. The summed E-state index contributed by atoms with van der Waals surface area (Å²) in [5.74, 6) is 2.01. The minimum atomic E-state index is -3.33. The maximum Gasteiger partial charge on any atom is 0.175 e. The average Bonchev–Trinajstić information content (AvgIpc) is 3.10. The zero-order chi connectivity index (χ0) is 20.6. The summed E-state index contributed by atoms with van der Waals surface area (Å²) in [6.45, 7) is 3.18. The first-order valence-corrected chi connectivity index (χ1v) is 11.1. The highest BCUT2D eigenvalue weighted by Crippen LogP contribution is 2.37. The second kappa shape index (κ2) is 7.53. The Balaban J connectivity index is 1.89. The molecule has 152 valence electrons. The maximum absolute atomic E-state index is 11.9. The molecule has 0 bridgehead atoms. The summed E-state index contributed by atoms with van der Waals surface area (Å²) in [6.07, 6.45) is 1.18. The number of ether oxygens (including phenoxy) is 3. The number of sulfone groups is 1. The normalized spacial score (nSPS) is 12.8. The topological polar surface area (TPSA) is 79.7 Å². The molecule has 1 aromatic heterocycles. The van der Waals surface area contributed by atoms with Gasteiger partial charge in [-0.2, -0.15) is 0 Å². The molecule has 4 rings (SSSR count). The predicted octanol–water partition coefficient (Wildman–Crippen LogP) is 3.38. The molecule has 0 amide bonds. The molecule has 0 radical (unpaired) electrons. The van der Waals surface area contributed by atoms with E-state index < -0.39 is 9.84 Å². The van der Waals surface area contributed by atoms with Crippen LogP contribution in [-0.4, -0.2) is 37.9 Å². The first-order chi connectivity index (χ1) is 13.9. The monoisotopic (exact) mass is 414 g/mol. The number of hydrogen-bond donors (Lipinski definition) is 0. The Morgan fingerprint density at radius 1 is 1.17 bits per heavy atom. The van der Waals surface area contributed by atoms with E-state index in [1.807, 2.05) is 35.8 Å². The predicted molar refractivity (Wildman–Crippen MR) is 108 cm³/mol. The standard InChI is InChI=1S/C21H22N2O5S/c1-4-27-12-17-19-13-28-20-11-16(29(3,24)25)9-10-18(20)23(19)21(22-17)14-5-7-15(26-2)8-6-14/h5-11H,4,12-13H2,1-3H3. The van der Waals surface area contributed by atoms with E-state index in [-0.39, 0.29) is 11.5 Å². The van der Waals surface area contributed by atoms with Gasteiger partial charge in [-0.25, -0.2) is 13.4 Å². The molecule has 0 aliphatic carbocycles. The van der Waals surface area contributed by atoms with Crippen LogP contribution in [0.2, 0.25) is 0 Å². The number of rotatable bonds is 6. The van der Waals surface area contributed by atoms with E-state index >= 15 is 0 Å². The third-order valence-electron chi connectivity index (χ3n) is 4.81. The highest BCUT2D eigenvalue weighted by atomic mass is 32.2. The Hall–Kier alpha value is -2.84. The van der Waals surface area contributed by atoms with Crippen LogP contribution in [0.4, 0.5) is 0 Å². The lowest BCUT2D eigenvalue weighted by atomic mass is 10.2. The second-order valence-corrected chi connectivity index (χ2v) is 8.74. The molecule has 2 heterocycles. The summed E-state index contributed by atoms with van der Waals surface area (Å²) in [4.78, 5) is 5.05. The van der Waals surface area contributed by atoms with Crippen LogP contribution >= 0.6 is 0 Å². The van der Waals surface area contributed by atoms with Crippen molar-refractivity contribution in [3.05, 3.63) is 53.9 Å². The minimum Gasteiger partial charge on any atom is -0.497 e. The van der Waals surface area contributed by atoms with Crippen molar-refractivity contribution < 1.29 is 22.6 Å². The summed E-state index contributed by atoms with van der Waals surface area (Å²) in [6, 6.07) is 12.6. The Morgan fingerprint density at radius 3 is 2.59 bits per heavy atom. The van der Waals surface area contributed by atoms with E-state index in [0.717, 1.165) is 34.2 Å². The largest absolute Gasteiger partial charge is 0.497 e. The van der Waals surface area contributed by atoms with Crippen molar-refractivity contribution in [2.45, 2.75) is 25.0 Å². The molecule has 2 aromatic carbocycles. The lowest BCUT2D eigenvalue weighted by molar-refractivity contribution is 0.129. The molecule has 0 unspecified atom stereocenters. The summed E-state index contributed by atoms with van der Waals surface area (Å²) in [5, 5.41) is 0. The van der Waals surface area contributed by atoms with Crippen LogP contribution in [0.5, 0.6) is 11.5 Å². The fourth-order valence-corrected chi connectivity index (χ4v) is 3.96. The van der Waals surface area contributed by atoms with Crippen LogP contribution in [0, 0.1) is 0 Å². The minimum absolute atomic E-state index is 0.223. The molecule has 8 heteroatoms. The third-order valence-corrected chi connectivity index (χ3v) is 5.92. The summed E-state index contributed by atoms with van der Waals surface area (Å²) in [7, 11) is -1.70. The average molecular weight is 414 g/mol. The number of imidazole rings is 1. The van der Waals surface area contributed by atoms with Crippen molar-refractivity contribution in [1.29, 1.82) is 0 Å². The fraction of sp³-hybridized carbons (Fsp3) is 0.286. The van der Waals surface area contributed by atoms with Gasteiger partial charge in [0.15, 0.2) is 9.84 Å². The highest BCUT2D eigenvalue weighted by Gasteiger charge is 2.27. The SMILES string of the molecule is CCOCc1nc(-c2ccc(OC)cc2)n2c1COc1cc(S(C)(=O)=O)ccc1-2. The van der Waals surface area contributed by atoms with E-state index in [1.165, 1.54) is 6.26 Å². The van der Waals surface area contributed by atoms with Crippen molar-refractivity contribution >= 4 is 9.84 Å². The van der Waals surface area contributed by atoms with Crippen molar-refractivity contribution in [3.63, 3.8) is 0 Å². The number of methoxy groups -OCH3 is 1. The Labute approximate surface area is 169 Å². The molecule has 3 aromatic rings. The van der Waals surface area contributed by atoms with Crippen LogP contribution in [0.3, 0.4) is 0 Å². The van der Waals surface area contributed by atoms with Gasteiger partial charge in [0.25, 0.3) is 0 Å². The zero-order valence-electron chi connectivity index (χ0n) is 16.5. The van der Waals surface area contributed by atoms with Crippen LogP contribution in [0.25, 0.3) is 17.1 Å². The number of aromatic nitrogens is 2. The molecular formula is C21H22N2O5S. The zero-order valence-corrected chi connectivity index (χ0v) is 17.3. The van der Waals surface area contributed by atoms with E-state index in [9.17, 15) is 8.42 Å². The molecule has 1 aliphatic rings. The number of nitrogens with zero attached hydrogens (tertiary/aromatic N) is 2. The van der Waals surface area contributed by atoms with Gasteiger partial charge in [0, 0.05) is 24.5 Å². The van der Waals surface area contributed by atoms with Crippen LogP contribution < -0.4 is 9.47 Å². The van der Waals surface area contributed by atoms with Crippen molar-refractivity contribution in [2.75, 3.05) is 20.0 Å². The van der Waals surface area contributed by atoms with Gasteiger partial charge in [0.1, 0.15) is 23.9 Å². The van der Waals surface area contributed by atoms with Gasteiger partial charge in [-0.3, -0.25) is 4.57 Å². The third kappa shape index (κ3) is 3.61. The Bertz CT molecular complexity index is 1150. The van der Waals surface area contributed by atoms with Gasteiger partial charge in [-0.15, -0.1) is 0 Å². The molecule has 0 fully saturated rings. The molecular weight excluding hydrogens is 392 g/mol. The van der Waals surface area contributed by atoms with Crippen LogP contribution in [-0.2, 0) is 27.8 Å². The van der Waals surface area contributed by atoms with Crippen LogP contribution in [0.15, 0.2) is 47.4 Å². The second-order valence-electron chi connectivity index (χ2n) is 6.72. The van der Waals surface area contributed by atoms with Gasteiger partial charge in [-0.05, 0) is 43.3 Å². The molecule has 29 heavy (non-hydrogen) atoms. The summed E-state index contributed by atoms with van der Waals surface area (Å²) >= 11 is 0. The van der Waals surface area contributed by atoms with Crippen molar-refractivity contribution in [2.24, 2.45) is 0 Å². The van der Waals surface area contributed by atoms with E-state index in [4.69, 9.17) is 19.2 Å². The van der Waals surface area contributed by atoms with E-state index in [1.54, 1.807) is 25.3 Å². The van der Waals surface area contributed by atoms with E-state index in [2.05, 4.69) is 0 Å². The maximum atomic E-state index is 11.9. The lowest BCUT2D eigenvalue weighted by Crippen LogP contribution is -2.15. The number of fused-ring (bicyclic) bond motifs is 3.